The van der Waals surface area contributed by atoms with Crippen molar-refractivity contribution in [3.8, 4) is 0 Å². The predicted molar refractivity (Wildman–Crippen MR) is 70.2 cm³/mol. The van der Waals surface area contributed by atoms with Crippen molar-refractivity contribution in [2.75, 3.05) is 20.2 Å². The molecule has 0 atom stereocenters. The zero-order valence-electron chi connectivity index (χ0n) is 11.4. The molecular weight excluding hydrogens is 266 g/mol. The van der Waals surface area contributed by atoms with Crippen LogP contribution in [0.2, 0.25) is 0 Å². The summed E-state index contributed by atoms with van der Waals surface area (Å²) in [4.78, 5) is 47.1. The number of esters is 1. The van der Waals surface area contributed by atoms with E-state index in [1.54, 1.807) is 6.92 Å². The third-order valence-electron chi connectivity index (χ3n) is 2.73. The zero-order chi connectivity index (χ0) is 15.1. The van der Waals surface area contributed by atoms with Crippen LogP contribution in [0.3, 0.4) is 0 Å². The minimum Gasteiger partial charge on any atom is -0.469 e. The maximum atomic E-state index is 12.0. The van der Waals surface area contributed by atoms with E-state index in [9.17, 15) is 19.2 Å². The Hall–Kier alpha value is -2.38. The van der Waals surface area contributed by atoms with E-state index in [1.165, 1.54) is 12.0 Å². The van der Waals surface area contributed by atoms with Crippen molar-refractivity contribution in [2.24, 2.45) is 0 Å². The lowest BCUT2D eigenvalue weighted by atomic mass is 10.3. The molecule has 0 fully saturated rings. The smallest absolute Gasteiger partial charge is 0.307 e. The molecule has 0 bridgehead atoms. The number of carbonyl (C=O) groups is 2. The van der Waals surface area contributed by atoms with E-state index in [4.69, 9.17) is 0 Å². The van der Waals surface area contributed by atoms with Gasteiger partial charge in [0.1, 0.15) is 6.54 Å². The summed E-state index contributed by atoms with van der Waals surface area (Å²) in [5.74, 6) is -0.776. The number of nitrogens with one attached hydrogen (secondary N) is 1. The van der Waals surface area contributed by atoms with E-state index in [1.807, 2.05) is 0 Å². The molecule has 1 aromatic heterocycles. The highest BCUT2D eigenvalue weighted by molar-refractivity contribution is 5.77. The normalized spacial score (nSPS) is 10.1. The molecule has 110 valence electrons. The minimum atomic E-state index is -0.470. The number of ether oxygens (including phenoxy) is 1. The Morgan fingerprint density at radius 1 is 1.35 bits per heavy atom. The lowest BCUT2D eigenvalue weighted by molar-refractivity contribution is -0.141. The number of aromatic amines is 1. The largest absolute Gasteiger partial charge is 0.469 e. The molecule has 0 spiro atoms. The maximum absolute atomic E-state index is 12.0. The van der Waals surface area contributed by atoms with Gasteiger partial charge in [0, 0.05) is 25.2 Å². The second-order valence-corrected chi connectivity index (χ2v) is 4.03. The molecule has 1 aromatic rings. The number of carbonyl (C=O) groups excluding carboxylic acids is 2. The predicted octanol–water partition coefficient (Wildman–Crippen LogP) is -1.05. The highest BCUT2D eigenvalue weighted by Crippen LogP contribution is 1.95. The number of aromatic nitrogens is 2. The highest BCUT2D eigenvalue weighted by Gasteiger charge is 2.14. The summed E-state index contributed by atoms with van der Waals surface area (Å²) >= 11 is 0. The molecule has 1 rings (SSSR count). The van der Waals surface area contributed by atoms with Gasteiger partial charge in [-0.25, -0.2) is 4.68 Å². The van der Waals surface area contributed by atoms with Gasteiger partial charge in [0.15, 0.2) is 0 Å². The van der Waals surface area contributed by atoms with Gasteiger partial charge in [-0.3, -0.25) is 24.3 Å². The quantitative estimate of drug-likeness (QED) is 0.671. The van der Waals surface area contributed by atoms with Crippen LogP contribution in [0.4, 0.5) is 0 Å². The second-order valence-electron chi connectivity index (χ2n) is 4.03. The molecule has 1 N–H and O–H groups in total. The lowest BCUT2D eigenvalue weighted by Crippen LogP contribution is -2.39. The van der Waals surface area contributed by atoms with Gasteiger partial charge in [0.2, 0.25) is 5.91 Å². The van der Waals surface area contributed by atoms with Gasteiger partial charge in [-0.1, -0.05) is 0 Å². The van der Waals surface area contributed by atoms with Crippen LogP contribution in [0.25, 0.3) is 0 Å². The highest BCUT2D eigenvalue weighted by atomic mass is 16.5. The molecule has 8 nitrogen and oxygen atoms in total. The Bertz CT molecular complexity index is 589. The van der Waals surface area contributed by atoms with Gasteiger partial charge in [-0.2, -0.15) is 0 Å². The molecule has 0 unspecified atom stereocenters. The fourth-order valence-corrected chi connectivity index (χ4v) is 1.60. The number of nitrogens with zero attached hydrogens (tertiary/aromatic N) is 2. The Labute approximate surface area is 114 Å². The van der Waals surface area contributed by atoms with E-state index >= 15 is 0 Å². The average molecular weight is 283 g/mol. The number of methoxy groups -OCH3 is 1. The van der Waals surface area contributed by atoms with E-state index in [2.05, 4.69) is 9.84 Å². The number of rotatable bonds is 6. The van der Waals surface area contributed by atoms with Gasteiger partial charge in [0.05, 0.1) is 13.5 Å². The SMILES string of the molecule is CCN(CCC(=O)OC)C(=O)Cn1[nH]c(=O)ccc1=O. The molecule has 0 aliphatic rings. The summed E-state index contributed by atoms with van der Waals surface area (Å²) in [5, 5.41) is 2.27. The van der Waals surface area contributed by atoms with E-state index in [-0.39, 0.29) is 25.4 Å². The summed E-state index contributed by atoms with van der Waals surface area (Å²) in [6.07, 6.45) is 0.0797. The Morgan fingerprint density at radius 3 is 2.65 bits per heavy atom. The van der Waals surface area contributed by atoms with Crippen molar-refractivity contribution in [1.29, 1.82) is 0 Å². The zero-order valence-corrected chi connectivity index (χ0v) is 11.4. The van der Waals surface area contributed by atoms with E-state index in [0.717, 1.165) is 16.8 Å². The molecule has 0 saturated carbocycles. The Morgan fingerprint density at radius 2 is 2.05 bits per heavy atom. The van der Waals surface area contributed by atoms with Gasteiger partial charge in [0.25, 0.3) is 11.1 Å². The average Bonchev–Trinajstić information content (AvgIpc) is 2.43. The van der Waals surface area contributed by atoms with E-state index in [0.29, 0.717) is 6.54 Å². The van der Waals surface area contributed by atoms with Crippen LogP contribution >= 0.6 is 0 Å². The third-order valence-corrected chi connectivity index (χ3v) is 2.73. The molecule has 8 heteroatoms. The van der Waals surface area contributed by atoms with Crippen molar-refractivity contribution >= 4 is 11.9 Å². The molecule has 1 amide bonds. The Kier molecular flexibility index (Phi) is 5.70. The lowest BCUT2D eigenvalue weighted by Gasteiger charge is -2.20. The number of amides is 1. The molecule has 0 aromatic carbocycles. The van der Waals surface area contributed by atoms with Gasteiger partial charge in [-0.05, 0) is 6.92 Å². The van der Waals surface area contributed by atoms with Gasteiger partial charge in [-0.15, -0.1) is 0 Å². The summed E-state index contributed by atoms with van der Waals surface area (Å²) in [6.45, 7) is 2.07. The summed E-state index contributed by atoms with van der Waals surface area (Å²) < 4.78 is 5.43. The molecule has 0 radical (unpaired) electrons. The van der Waals surface area contributed by atoms with Crippen LogP contribution in [0.1, 0.15) is 13.3 Å². The first-order valence-corrected chi connectivity index (χ1v) is 6.12. The molecule has 1 heterocycles. The van der Waals surface area contributed by atoms with Crippen molar-refractivity contribution in [2.45, 2.75) is 19.9 Å². The minimum absolute atomic E-state index is 0.0797. The fourth-order valence-electron chi connectivity index (χ4n) is 1.60. The number of likely N-dealkylation sites (N-methyl/N-ethyl adjacent to an activating group) is 1. The van der Waals surface area contributed by atoms with Crippen LogP contribution in [-0.2, 0) is 20.9 Å². The molecule has 0 aliphatic heterocycles. The van der Waals surface area contributed by atoms with E-state index < -0.39 is 17.1 Å². The van der Waals surface area contributed by atoms with Crippen molar-refractivity contribution in [3.05, 3.63) is 32.8 Å². The summed E-state index contributed by atoms with van der Waals surface area (Å²) in [5.41, 5.74) is -0.933. The van der Waals surface area contributed by atoms with Crippen LogP contribution in [0.15, 0.2) is 21.7 Å². The van der Waals surface area contributed by atoms with Crippen molar-refractivity contribution in [3.63, 3.8) is 0 Å². The van der Waals surface area contributed by atoms with Gasteiger partial charge < -0.3 is 9.64 Å². The van der Waals surface area contributed by atoms with Gasteiger partial charge >= 0.3 is 5.97 Å². The summed E-state index contributed by atoms with van der Waals surface area (Å²) in [7, 11) is 1.27. The number of hydrogen-bond donors (Lipinski definition) is 1. The van der Waals surface area contributed by atoms with Crippen molar-refractivity contribution in [1.82, 2.24) is 14.7 Å². The second kappa shape index (κ2) is 7.27. The monoisotopic (exact) mass is 283 g/mol. The van der Waals surface area contributed by atoms with Crippen LogP contribution < -0.4 is 11.1 Å². The maximum Gasteiger partial charge on any atom is 0.307 e. The standard InChI is InChI=1S/C12H17N3O5/c1-3-14(7-6-12(19)20-2)11(18)8-15-10(17)5-4-9(16)13-15/h4-5H,3,6-8H2,1-2H3,(H,13,16). The molecular formula is C12H17N3O5. The number of hydrogen-bond acceptors (Lipinski definition) is 5. The third kappa shape index (κ3) is 4.38. The number of H-pyrrole nitrogens is 1. The van der Waals surface area contributed by atoms with Crippen LogP contribution in [0.5, 0.6) is 0 Å². The van der Waals surface area contributed by atoms with Crippen LogP contribution in [-0.4, -0.2) is 46.8 Å². The topological polar surface area (TPSA) is 101 Å². The van der Waals surface area contributed by atoms with Crippen molar-refractivity contribution < 1.29 is 14.3 Å². The molecule has 0 aliphatic carbocycles. The fraction of sp³-hybridized carbons (Fsp3) is 0.500. The summed E-state index contributed by atoms with van der Waals surface area (Å²) in [6, 6.07) is 2.19. The molecule has 0 saturated heterocycles. The first-order chi connectivity index (χ1) is 9.47. The van der Waals surface area contributed by atoms with Crippen LogP contribution in [0, 0.1) is 0 Å². The molecule has 20 heavy (non-hydrogen) atoms. The first kappa shape index (κ1) is 15.7. The Balaban J connectivity index is 2.72. The first-order valence-electron chi connectivity index (χ1n) is 6.12.